The van der Waals surface area contributed by atoms with Gasteiger partial charge in [-0.1, -0.05) is 36.4 Å². The van der Waals surface area contributed by atoms with E-state index in [-0.39, 0.29) is 18.2 Å². The number of halogens is 2. The van der Waals surface area contributed by atoms with Crippen molar-refractivity contribution < 1.29 is 4.39 Å². The van der Waals surface area contributed by atoms with Crippen LogP contribution in [0, 0.1) is 5.82 Å². The van der Waals surface area contributed by atoms with Crippen molar-refractivity contribution in [1.82, 2.24) is 4.90 Å². The highest BCUT2D eigenvalue weighted by Gasteiger charge is 2.40. The van der Waals surface area contributed by atoms with Gasteiger partial charge >= 0.3 is 0 Å². The number of nitrogens with zero attached hydrogens (tertiary/aromatic N) is 1. The molecule has 1 fully saturated rings. The van der Waals surface area contributed by atoms with Gasteiger partial charge in [-0.15, -0.1) is 12.4 Å². The SMILES string of the molecule is CN1CCC2c3ccccc3C(c3cccc(F)c3)C[C@@H]21.Cl. The van der Waals surface area contributed by atoms with Gasteiger partial charge in [0.15, 0.2) is 0 Å². The molecule has 2 aliphatic rings. The zero-order valence-electron chi connectivity index (χ0n) is 12.7. The van der Waals surface area contributed by atoms with Crippen molar-refractivity contribution in [2.45, 2.75) is 30.7 Å². The molecule has 4 rings (SSSR count). The summed E-state index contributed by atoms with van der Waals surface area (Å²) >= 11 is 0. The monoisotopic (exact) mass is 317 g/mol. The van der Waals surface area contributed by atoms with E-state index in [0.717, 1.165) is 12.0 Å². The van der Waals surface area contributed by atoms with Crippen molar-refractivity contribution in [3.63, 3.8) is 0 Å². The molecule has 1 saturated heterocycles. The van der Waals surface area contributed by atoms with Crippen LogP contribution in [0.2, 0.25) is 0 Å². The lowest BCUT2D eigenvalue weighted by molar-refractivity contribution is 0.265. The smallest absolute Gasteiger partial charge is 0.123 e. The molecule has 0 radical (unpaired) electrons. The molecule has 0 bridgehead atoms. The van der Waals surface area contributed by atoms with Crippen LogP contribution in [0.5, 0.6) is 0 Å². The van der Waals surface area contributed by atoms with Crippen LogP contribution < -0.4 is 0 Å². The molecule has 1 aliphatic carbocycles. The van der Waals surface area contributed by atoms with Gasteiger partial charge in [0.2, 0.25) is 0 Å². The van der Waals surface area contributed by atoms with Gasteiger partial charge in [0.05, 0.1) is 0 Å². The van der Waals surface area contributed by atoms with E-state index < -0.39 is 0 Å². The van der Waals surface area contributed by atoms with Crippen LogP contribution >= 0.6 is 12.4 Å². The summed E-state index contributed by atoms with van der Waals surface area (Å²) < 4.78 is 13.6. The zero-order chi connectivity index (χ0) is 14.4. The molecule has 0 spiro atoms. The third-order valence-electron chi connectivity index (χ3n) is 5.32. The van der Waals surface area contributed by atoms with Crippen molar-refractivity contribution in [2.24, 2.45) is 0 Å². The maximum atomic E-state index is 13.6. The molecule has 2 unspecified atom stereocenters. The first-order valence-corrected chi connectivity index (χ1v) is 7.78. The molecule has 0 amide bonds. The molecular weight excluding hydrogens is 297 g/mol. The van der Waals surface area contributed by atoms with Crippen LogP contribution in [0.4, 0.5) is 4.39 Å². The number of likely N-dealkylation sites (N-methyl/N-ethyl adjacent to an activating group) is 1. The molecule has 0 aromatic heterocycles. The van der Waals surface area contributed by atoms with Crippen molar-refractivity contribution >= 4 is 12.4 Å². The molecular formula is C19H21ClFN. The van der Waals surface area contributed by atoms with Gasteiger partial charge in [-0.05, 0) is 55.3 Å². The first-order valence-electron chi connectivity index (χ1n) is 7.78. The summed E-state index contributed by atoms with van der Waals surface area (Å²) in [6, 6.07) is 16.5. The van der Waals surface area contributed by atoms with Gasteiger partial charge in [0.25, 0.3) is 0 Å². The average molecular weight is 318 g/mol. The van der Waals surface area contributed by atoms with E-state index in [4.69, 9.17) is 0 Å². The summed E-state index contributed by atoms with van der Waals surface area (Å²) in [5.74, 6) is 0.835. The van der Waals surface area contributed by atoms with Crippen LogP contribution in [-0.4, -0.2) is 24.5 Å². The Bertz CT molecular complexity index is 672. The summed E-state index contributed by atoms with van der Waals surface area (Å²) in [5, 5.41) is 0. The lowest BCUT2D eigenvalue weighted by atomic mass is 9.71. The number of rotatable bonds is 1. The van der Waals surface area contributed by atoms with E-state index in [2.05, 4.69) is 42.3 Å². The second kappa shape index (κ2) is 6.02. The average Bonchev–Trinajstić information content (AvgIpc) is 2.88. The van der Waals surface area contributed by atoms with E-state index in [9.17, 15) is 4.39 Å². The molecule has 2 aromatic rings. The van der Waals surface area contributed by atoms with Gasteiger partial charge in [-0.3, -0.25) is 0 Å². The normalized spacial score (nSPS) is 26.9. The van der Waals surface area contributed by atoms with E-state index in [1.807, 2.05) is 6.07 Å². The molecule has 2 aromatic carbocycles. The number of likely N-dealkylation sites (tertiary alicyclic amines) is 1. The fourth-order valence-electron chi connectivity index (χ4n) is 4.29. The fourth-order valence-corrected chi connectivity index (χ4v) is 4.29. The van der Waals surface area contributed by atoms with Crippen molar-refractivity contribution in [3.05, 3.63) is 71.0 Å². The number of benzene rings is 2. The number of fused-ring (bicyclic) bond motifs is 3. The Morgan fingerprint density at radius 1 is 1.05 bits per heavy atom. The van der Waals surface area contributed by atoms with Gasteiger partial charge in [-0.25, -0.2) is 4.39 Å². The number of hydrogen-bond acceptors (Lipinski definition) is 1. The van der Waals surface area contributed by atoms with Gasteiger partial charge in [-0.2, -0.15) is 0 Å². The molecule has 1 nitrogen and oxygen atoms in total. The Morgan fingerprint density at radius 3 is 2.59 bits per heavy atom. The summed E-state index contributed by atoms with van der Waals surface area (Å²) in [7, 11) is 2.22. The summed E-state index contributed by atoms with van der Waals surface area (Å²) in [4.78, 5) is 2.48. The maximum Gasteiger partial charge on any atom is 0.123 e. The maximum absolute atomic E-state index is 13.6. The molecule has 3 atom stereocenters. The Labute approximate surface area is 137 Å². The molecule has 22 heavy (non-hydrogen) atoms. The van der Waals surface area contributed by atoms with Crippen LogP contribution in [0.25, 0.3) is 0 Å². The predicted octanol–water partition coefficient (Wildman–Crippen LogP) is 4.57. The number of hydrogen-bond donors (Lipinski definition) is 0. The van der Waals surface area contributed by atoms with Crippen LogP contribution in [0.15, 0.2) is 48.5 Å². The summed E-state index contributed by atoms with van der Waals surface area (Å²) in [6.07, 6.45) is 2.34. The van der Waals surface area contributed by atoms with Crippen molar-refractivity contribution in [1.29, 1.82) is 0 Å². The Morgan fingerprint density at radius 2 is 1.82 bits per heavy atom. The minimum Gasteiger partial charge on any atom is -0.303 e. The third-order valence-corrected chi connectivity index (χ3v) is 5.32. The molecule has 1 heterocycles. The van der Waals surface area contributed by atoms with Gasteiger partial charge < -0.3 is 4.90 Å². The van der Waals surface area contributed by atoms with E-state index >= 15 is 0 Å². The first-order chi connectivity index (χ1) is 10.2. The lowest BCUT2D eigenvalue weighted by Crippen LogP contribution is -2.34. The van der Waals surface area contributed by atoms with Crippen LogP contribution in [0.3, 0.4) is 0 Å². The van der Waals surface area contributed by atoms with Crippen molar-refractivity contribution in [2.75, 3.05) is 13.6 Å². The summed E-state index contributed by atoms with van der Waals surface area (Å²) in [5.41, 5.74) is 3.99. The first kappa shape index (κ1) is 15.5. The standard InChI is InChI=1S/C19H20FN.ClH/c1-21-10-9-17-15-7-2-3-8-16(15)18(12-19(17)21)13-5-4-6-14(20)11-13;/h2-8,11,17-19H,9-10,12H2,1H3;1H/t17?,18?,19-;/m0./s1. The minimum absolute atomic E-state index is 0. The molecule has 3 heteroatoms. The largest absolute Gasteiger partial charge is 0.303 e. The van der Waals surface area contributed by atoms with E-state index in [0.29, 0.717) is 17.9 Å². The molecule has 1 aliphatic heterocycles. The molecule has 116 valence electrons. The van der Waals surface area contributed by atoms with Crippen molar-refractivity contribution in [3.8, 4) is 0 Å². The highest BCUT2D eigenvalue weighted by molar-refractivity contribution is 5.85. The van der Waals surface area contributed by atoms with Gasteiger partial charge in [0, 0.05) is 17.9 Å². The Kier molecular flexibility index (Phi) is 4.24. The van der Waals surface area contributed by atoms with E-state index in [1.165, 1.54) is 30.2 Å². The minimum atomic E-state index is -0.133. The third kappa shape index (κ3) is 2.45. The zero-order valence-corrected chi connectivity index (χ0v) is 13.5. The Hall–Kier alpha value is -1.38. The quantitative estimate of drug-likeness (QED) is 0.744. The topological polar surface area (TPSA) is 3.24 Å². The second-order valence-electron chi connectivity index (χ2n) is 6.42. The fraction of sp³-hybridized carbons (Fsp3) is 0.368. The molecule has 0 N–H and O–H groups in total. The van der Waals surface area contributed by atoms with E-state index in [1.54, 1.807) is 6.07 Å². The predicted molar refractivity (Wildman–Crippen MR) is 90.3 cm³/mol. The Balaban J connectivity index is 0.00000144. The summed E-state index contributed by atoms with van der Waals surface area (Å²) in [6.45, 7) is 1.17. The second-order valence-corrected chi connectivity index (χ2v) is 6.42. The van der Waals surface area contributed by atoms with Crippen LogP contribution in [-0.2, 0) is 0 Å². The molecule has 0 saturated carbocycles. The van der Waals surface area contributed by atoms with Gasteiger partial charge in [0.1, 0.15) is 5.82 Å². The van der Waals surface area contributed by atoms with Crippen LogP contribution in [0.1, 0.15) is 41.4 Å². The lowest BCUT2D eigenvalue weighted by Gasteiger charge is -2.37. The highest BCUT2D eigenvalue weighted by atomic mass is 35.5. The highest BCUT2D eigenvalue weighted by Crippen LogP contribution is 2.47.